The van der Waals surface area contributed by atoms with Crippen LogP contribution in [0.15, 0.2) is 0 Å². The fraction of sp³-hybridized carbons (Fsp3) is 0.600. The van der Waals surface area contributed by atoms with E-state index in [1.807, 2.05) is 0 Å². The van der Waals surface area contributed by atoms with Gasteiger partial charge in [0, 0.05) is 6.54 Å². The van der Waals surface area contributed by atoms with Crippen molar-refractivity contribution in [1.82, 2.24) is 10.2 Å². The van der Waals surface area contributed by atoms with Crippen LogP contribution in [0.25, 0.3) is 0 Å². The van der Waals surface area contributed by atoms with Gasteiger partial charge in [-0.05, 0) is 13.8 Å². The lowest BCUT2D eigenvalue weighted by Gasteiger charge is -2.23. The molecule has 2 atom stereocenters. The Balaban J connectivity index is 4.51. The van der Waals surface area contributed by atoms with E-state index < -0.39 is 24.1 Å². The zero-order valence-corrected chi connectivity index (χ0v) is 9.30. The van der Waals surface area contributed by atoms with Crippen molar-refractivity contribution in [2.45, 2.75) is 26.0 Å². The number of rotatable bonds is 5. The van der Waals surface area contributed by atoms with Gasteiger partial charge in [0.15, 0.2) is 6.04 Å². The first kappa shape index (κ1) is 14.3. The van der Waals surface area contributed by atoms with Crippen molar-refractivity contribution in [2.24, 2.45) is 0 Å². The number of terminal acetylenes is 1. The summed E-state index contributed by atoms with van der Waals surface area (Å²) < 4.78 is 0. The van der Waals surface area contributed by atoms with Crippen LogP contribution in [-0.4, -0.2) is 52.3 Å². The van der Waals surface area contributed by atoms with Crippen LogP contribution in [0.1, 0.15) is 13.8 Å². The number of carboxylic acids is 1. The molecule has 0 saturated heterocycles. The zero-order valence-electron chi connectivity index (χ0n) is 9.30. The van der Waals surface area contributed by atoms with E-state index in [2.05, 4.69) is 11.2 Å². The summed E-state index contributed by atoms with van der Waals surface area (Å²) >= 11 is 0. The van der Waals surface area contributed by atoms with E-state index in [4.69, 9.17) is 16.6 Å². The van der Waals surface area contributed by atoms with Crippen molar-refractivity contribution in [3.63, 3.8) is 0 Å². The molecule has 2 amide bonds. The molecule has 0 aliphatic rings. The second-order valence-electron chi connectivity index (χ2n) is 3.22. The number of hydrogen-bond donors (Lipinski definition) is 3. The van der Waals surface area contributed by atoms with Crippen LogP contribution in [0.2, 0.25) is 0 Å². The zero-order chi connectivity index (χ0) is 12.7. The summed E-state index contributed by atoms with van der Waals surface area (Å²) in [7, 11) is 0. The van der Waals surface area contributed by atoms with Gasteiger partial charge in [-0.2, -0.15) is 0 Å². The van der Waals surface area contributed by atoms with Crippen LogP contribution < -0.4 is 5.32 Å². The minimum Gasteiger partial charge on any atom is -0.480 e. The van der Waals surface area contributed by atoms with Crippen molar-refractivity contribution < 1.29 is 19.8 Å². The molecule has 6 nitrogen and oxygen atoms in total. The predicted molar refractivity (Wildman–Crippen MR) is 57.7 cm³/mol. The number of urea groups is 1. The number of aliphatic hydroxyl groups excluding tert-OH is 1. The second-order valence-corrected chi connectivity index (χ2v) is 3.22. The Bertz CT molecular complexity index is 296. The molecule has 0 aliphatic heterocycles. The fourth-order valence-electron chi connectivity index (χ4n) is 1.05. The first-order valence-electron chi connectivity index (χ1n) is 4.83. The summed E-state index contributed by atoms with van der Waals surface area (Å²) in [6.45, 7) is 3.46. The van der Waals surface area contributed by atoms with Crippen molar-refractivity contribution in [2.75, 3.05) is 13.1 Å². The van der Waals surface area contributed by atoms with Gasteiger partial charge in [-0.1, -0.05) is 5.92 Å². The molecule has 90 valence electrons. The summed E-state index contributed by atoms with van der Waals surface area (Å²) in [5, 5.41) is 20.1. The maximum atomic E-state index is 11.5. The Morgan fingerprint density at radius 3 is 2.44 bits per heavy atom. The van der Waals surface area contributed by atoms with Gasteiger partial charge in [-0.3, -0.25) is 0 Å². The first-order valence-corrected chi connectivity index (χ1v) is 4.83. The Morgan fingerprint density at radius 1 is 1.56 bits per heavy atom. The molecule has 0 aromatic heterocycles. The van der Waals surface area contributed by atoms with Crippen molar-refractivity contribution in [3.8, 4) is 12.3 Å². The quantitative estimate of drug-likeness (QED) is 0.552. The number of carbonyl (C=O) groups is 2. The number of nitrogens with zero attached hydrogens (tertiary/aromatic N) is 1. The molecule has 0 bridgehead atoms. The predicted octanol–water partition coefficient (Wildman–Crippen LogP) is -0.515. The highest BCUT2D eigenvalue weighted by molar-refractivity contribution is 5.83. The molecule has 0 heterocycles. The van der Waals surface area contributed by atoms with E-state index in [1.165, 1.54) is 11.8 Å². The van der Waals surface area contributed by atoms with Gasteiger partial charge in [0.2, 0.25) is 0 Å². The Hall–Kier alpha value is -1.74. The Kier molecular flexibility index (Phi) is 5.96. The molecule has 0 saturated carbocycles. The lowest BCUT2D eigenvalue weighted by molar-refractivity contribution is -0.141. The molecule has 0 rings (SSSR count). The molecule has 0 aliphatic carbocycles. The van der Waals surface area contributed by atoms with E-state index in [9.17, 15) is 9.59 Å². The van der Waals surface area contributed by atoms with Gasteiger partial charge < -0.3 is 20.4 Å². The van der Waals surface area contributed by atoms with Crippen LogP contribution in [0.4, 0.5) is 4.79 Å². The van der Waals surface area contributed by atoms with Crippen LogP contribution in [0.3, 0.4) is 0 Å². The third-order valence-corrected chi connectivity index (χ3v) is 1.98. The van der Waals surface area contributed by atoms with E-state index in [0.29, 0.717) is 6.54 Å². The molecule has 0 spiro atoms. The van der Waals surface area contributed by atoms with Crippen LogP contribution in [0.5, 0.6) is 0 Å². The molecule has 0 radical (unpaired) electrons. The SMILES string of the molecule is C#CCN(CC)C(=O)NC(C(=O)O)C(C)O. The molecule has 2 unspecified atom stereocenters. The van der Waals surface area contributed by atoms with Crippen LogP contribution in [-0.2, 0) is 4.79 Å². The summed E-state index contributed by atoms with van der Waals surface area (Å²) in [5.74, 6) is 0.995. The highest BCUT2D eigenvalue weighted by Gasteiger charge is 2.26. The number of carbonyl (C=O) groups excluding carboxylic acids is 1. The van der Waals surface area contributed by atoms with Crippen molar-refractivity contribution >= 4 is 12.0 Å². The molecule has 3 N–H and O–H groups in total. The van der Waals surface area contributed by atoms with Crippen molar-refractivity contribution in [1.29, 1.82) is 0 Å². The van der Waals surface area contributed by atoms with E-state index in [-0.39, 0.29) is 6.54 Å². The van der Waals surface area contributed by atoms with Gasteiger partial charge in [0.25, 0.3) is 0 Å². The summed E-state index contributed by atoms with van der Waals surface area (Å²) in [4.78, 5) is 23.5. The normalized spacial score (nSPS) is 13.4. The number of carboxylic acid groups (broad SMARTS) is 1. The van der Waals surface area contributed by atoms with Crippen molar-refractivity contribution in [3.05, 3.63) is 0 Å². The summed E-state index contributed by atoms with van der Waals surface area (Å²) in [6, 6.07) is -1.94. The van der Waals surface area contributed by atoms with Gasteiger partial charge in [-0.15, -0.1) is 6.42 Å². The third kappa shape index (κ3) is 4.19. The fourth-order valence-corrected chi connectivity index (χ4v) is 1.05. The minimum atomic E-state index is -1.33. The number of amides is 2. The average molecular weight is 228 g/mol. The van der Waals surface area contributed by atoms with Crippen LogP contribution in [0, 0.1) is 12.3 Å². The average Bonchev–Trinajstić information content (AvgIpc) is 2.21. The lowest BCUT2D eigenvalue weighted by Crippen LogP contribution is -2.52. The highest BCUT2D eigenvalue weighted by Crippen LogP contribution is 1.96. The second kappa shape index (κ2) is 6.69. The molecule has 0 aromatic carbocycles. The van der Waals surface area contributed by atoms with Crippen LogP contribution >= 0.6 is 0 Å². The molecular weight excluding hydrogens is 212 g/mol. The Morgan fingerprint density at radius 2 is 2.12 bits per heavy atom. The minimum absolute atomic E-state index is 0.0917. The monoisotopic (exact) mass is 228 g/mol. The number of aliphatic carboxylic acids is 1. The molecular formula is C10H16N2O4. The third-order valence-electron chi connectivity index (χ3n) is 1.98. The molecule has 0 aromatic rings. The highest BCUT2D eigenvalue weighted by atomic mass is 16.4. The molecule has 6 heteroatoms. The van der Waals surface area contributed by atoms with Gasteiger partial charge in [-0.25, -0.2) is 9.59 Å². The topological polar surface area (TPSA) is 89.9 Å². The maximum absolute atomic E-state index is 11.5. The first-order chi connectivity index (χ1) is 7.43. The number of hydrogen-bond acceptors (Lipinski definition) is 3. The van der Waals surface area contributed by atoms with Gasteiger partial charge >= 0.3 is 12.0 Å². The van der Waals surface area contributed by atoms with E-state index >= 15 is 0 Å². The van der Waals surface area contributed by atoms with E-state index in [1.54, 1.807) is 6.92 Å². The van der Waals surface area contributed by atoms with Gasteiger partial charge in [0.1, 0.15) is 0 Å². The summed E-state index contributed by atoms with van der Waals surface area (Å²) in [5.41, 5.74) is 0. The van der Waals surface area contributed by atoms with E-state index in [0.717, 1.165) is 0 Å². The number of aliphatic hydroxyl groups is 1. The Labute approximate surface area is 94.2 Å². The number of nitrogens with one attached hydrogen (secondary N) is 1. The smallest absolute Gasteiger partial charge is 0.328 e. The largest absolute Gasteiger partial charge is 0.480 e. The molecule has 16 heavy (non-hydrogen) atoms. The molecule has 0 fully saturated rings. The van der Waals surface area contributed by atoms with Gasteiger partial charge in [0.05, 0.1) is 12.6 Å². The lowest BCUT2D eigenvalue weighted by atomic mass is 10.2. The summed E-state index contributed by atoms with van der Waals surface area (Å²) in [6.07, 6.45) is 3.88. The standard InChI is InChI=1S/C10H16N2O4/c1-4-6-12(5-2)10(16)11-8(7(3)13)9(14)15/h1,7-8,13H,5-6H2,2-3H3,(H,11,16)(H,14,15). The maximum Gasteiger partial charge on any atom is 0.328 e.